The van der Waals surface area contributed by atoms with Crippen LogP contribution in [0.5, 0.6) is 0 Å². The zero-order valence-corrected chi connectivity index (χ0v) is 18.6. The second-order valence-electron chi connectivity index (χ2n) is 8.18. The molecular weight excluding hydrogens is 374 g/mol. The number of hydrogen-bond acceptors (Lipinski definition) is 4. The van der Waals surface area contributed by atoms with Crippen LogP contribution in [0.1, 0.15) is 44.5 Å². The molecule has 164 valence electrons. The minimum absolute atomic E-state index is 0.674. The SMILES string of the molecule is CCc1nncn1CCNC(=NCc1ccccc1)NCCCN1CCC(C)CC1. The van der Waals surface area contributed by atoms with Crippen LogP contribution in [-0.4, -0.2) is 58.3 Å². The summed E-state index contributed by atoms with van der Waals surface area (Å²) in [6.07, 6.45) is 6.49. The second kappa shape index (κ2) is 12.3. The smallest absolute Gasteiger partial charge is 0.191 e. The summed E-state index contributed by atoms with van der Waals surface area (Å²) in [5.41, 5.74) is 1.22. The Hall–Kier alpha value is -2.41. The summed E-state index contributed by atoms with van der Waals surface area (Å²) in [5.74, 6) is 2.78. The molecule has 3 rings (SSSR count). The van der Waals surface area contributed by atoms with Crippen molar-refractivity contribution in [1.82, 2.24) is 30.3 Å². The fourth-order valence-corrected chi connectivity index (χ4v) is 3.76. The van der Waals surface area contributed by atoms with E-state index in [9.17, 15) is 0 Å². The van der Waals surface area contributed by atoms with E-state index in [0.29, 0.717) is 6.54 Å². The fraction of sp³-hybridized carbons (Fsp3) is 0.609. The van der Waals surface area contributed by atoms with Crippen molar-refractivity contribution >= 4 is 5.96 Å². The molecule has 1 aliphatic rings. The number of nitrogens with one attached hydrogen (secondary N) is 2. The van der Waals surface area contributed by atoms with Crippen molar-refractivity contribution in [3.63, 3.8) is 0 Å². The summed E-state index contributed by atoms with van der Waals surface area (Å²) >= 11 is 0. The molecule has 1 aliphatic heterocycles. The van der Waals surface area contributed by atoms with Crippen LogP contribution in [0.2, 0.25) is 0 Å². The standard InChI is InChI=1S/C23H37N7/c1-3-22-28-27-19-30(22)17-13-25-23(26-18-21-8-5-4-6-9-21)24-12-7-14-29-15-10-20(2)11-16-29/h4-6,8-9,19-20H,3,7,10-18H2,1-2H3,(H2,24,25,26). The Bertz CT molecular complexity index is 748. The lowest BCUT2D eigenvalue weighted by molar-refractivity contribution is 0.191. The Labute approximate surface area is 181 Å². The lowest BCUT2D eigenvalue weighted by Gasteiger charge is -2.30. The molecule has 7 heteroatoms. The minimum Gasteiger partial charge on any atom is -0.356 e. The van der Waals surface area contributed by atoms with Crippen molar-refractivity contribution < 1.29 is 0 Å². The fourth-order valence-electron chi connectivity index (χ4n) is 3.76. The predicted octanol–water partition coefficient (Wildman–Crippen LogP) is 2.70. The van der Waals surface area contributed by atoms with Crippen molar-refractivity contribution in [1.29, 1.82) is 0 Å². The zero-order chi connectivity index (χ0) is 21.0. The Morgan fingerprint density at radius 1 is 1.10 bits per heavy atom. The molecule has 7 nitrogen and oxygen atoms in total. The highest BCUT2D eigenvalue weighted by Gasteiger charge is 2.14. The van der Waals surface area contributed by atoms with Crippen LogP contribution in [-0.2, 0) is 19.5 Å². The van der Waals surface area contributed by atoms with Crippen LogP contribution < -0.4 is 10.6 Å². The highest BCUT2D eigenvalue weighted by Crippen LogP contribution is 2.15. The number of aliphatic imine (C=N–C) groups is 1. The molecule has 0 saturated carbocycles. The molecule has 1 aromatic carbocycles. The lowest BCUT2D eigenvalue weighted by Crippen LogP contribution is -2.41. The number of piperidine rings is 1. The van der Waals surface area contributed by atoms with E-state index in [0.717, 1.165) is 56.7 Å². The van der Waals surface area contributed by atoms with Gasteiger partial charge in [0, 0.05) is 26.1 Å². The van der Waals surface area contributed by atoms with Gasteiger partial charge in [0.1, 0.15) is 12.2 Å². The third kappa shape index (κ3) is 7.44. The number of aromatic nitrogens is 3. The van der Waals surface area contributed by atoms with Gasteiger partial charge in [0.2, 0.25) is 0 Å². The second-order valence-corrected chi connectivity index (χ2v) is 8.18. The van der Waals surface area contributed by atoms with Gasteiger partial charge in [-0.1, -0.05) is 44.2 Å². The average molecular weight is 412 g/mol. The van der Waals surface area contributed by atoms with Gasteiger partial charge in [0.05, 0.1) is 6.54 Å². The molecule has 1 fully saturated rings. The number of hydrogen-bond donors (Lipinski definition) is 2. The van der Waals surface area contributed by atoms with Crippen LogP contribution in [0.25, 0.3) is 0 Å². The largest absolute Gasteiger partial charge is 0.356 e. The van der Waals surface area contributed by atoms with Crippen LogP contribution in [0.15, 0.2) is 41.7 Å². The van der Waals surface area contributed by atoms with E-state index in [-0.39, 0.29) is 0 Å². The molecule has 0 radical (unpaired) electrons. The summed E-state index contributed by atoms with van der Waals surface area (Å²) < 4.78 is 2.10. The molecule has 0 bridgehead atoms. The lowest BCUT2D eigenvalue weighted by atomic mass is 9.99. The van der Waals surface area contributed by atoms with Gasteiger partial charge >= 0.3 is 0 Å². The highest BCUT2D eigenvalue weighted by molar-refractivity contribution is 5.79. The van der Waals surface area contributed by atoms with E-state index in [1.54, 1.807) is 6.33 Å². The molecule has 30 heavy (non-hydrogen) atoms. The van der Waals surface area contributed by atoms with Gasteiger partial charge in [0.15, 0.2) is 5.96 Å². The molecule has 0 unspecified atom stereocenters. The maximum Gasteiger partial charge on any atom is 0.191 e. The summed E-state index contributed by atoms with van der Waals surface area (Å²) in [7, 11) is 0. The Morgan fingerprint density at radius 2 is 1.87 bits per heavy atom. The van der Waals surface area contributed by atoms with E-state index >= 15 is 0 Å². The van der Waals surface area contributed by atoms with Crippen molar-refractivity contribution in [3.05, 3.63) is 48.0 Å². The first kappa shape index (κ1) is 22.3. The summed E-state index contributed by atoms with van der Waals surface area (Å²) in [6.45, 7) is 11.3. The number of aryl methyl sites for hydroxylation is 1. The minimum atomic E-state index is 0.674. The molecule has 0 spiro atoms. The molecule has 2 heterocycles. The Morgan fingerprint density at radius 3 is 2.63 bits per heavy atom. The zero-order valence-electron chi connectivity index (χ0n) is 18.6. The van der Waals surface area contributed by atoms with E-state index < -0.39 is 0 Å². The van der Waals surface area contributed by atoms with Crippen LogP contribution >= 0.6 is 0 Å². The van der Waals surface area contributed by atoms with Gasteiger partial charge in [-0.2, -0.15) is 0 Å². The third-order valence-electron chi connectivity index (χ3n) is 5.74. The van der Waals surface area contributed by atoms with Crippen molar-refractivity contribution in [3.8, 4) is 0 Å². The number of likely N-dealkylation sites (tertiary alicyclic amines) is 1. The summed E-state index contributed by atoms with van der Waals surface area (Å²) in [4.78, 5) is 7.38. The Kier molecular flexibility index (Phi) is 9.15. The Balaban J connectivity index is 1.46. The van der Waals surface area contributed by atoms with Crippen molar-refractivity contribution in [2.45, 2.75) is 52.6 Å². The predicted molar refractivity (Wildman–Crippen MR) is 122 cm³/mol. The molecule has 1 saturated heterocycles. The van der Waals surface area contributed by atoms with Gasteiger partial charge in [-0.15, -0.1) is 10.2 Å². The number of nitrogens with zero attached hydrogens (tertiary/aromatic N) is 5. The number of guanidine groups is 1. The highest BCUT2D eigenvalue weighted by atomic mass is 15.3. The molecule has 2 aromatic rings. The maximum atomic E-state index is 4.79. The summed E-state index contributed by atoms with van der Waals surface area (Å²) in [6, 6.07) is 10.4. The molecule has 0 amide bonds. The number of benzene rings is 1. The molecule has 0 atom stereocenters. The topological polar surface area (TPSA) is 70.4 Å². The monoisotopic (exact) mass is 411 g/mol. The van der Waals surface area contributed by atoms with Gasteiger partial charge in [-0.25, -0.2) is 4.99 Å². The van der Waals surface area contributed by atoms with E-state index in [4.69, 9.17) is 4.99 Å². The number of rotatable bonds is 10. The molecule has 1 aromatic heterocycles. The maximum absolute atomic E-state index is 4.79. The van der Waals surface area contributed by atoms with Gasteiger partial charge < -0.3 is 20.1 Å². The summed E-state index contributed by atoms with van der Waals surface area (Å²) in [5, 5.41) is 15.2. The van der Waals surface area contributed by atoms with Crippen LogP contribution in [0.3, 0.4) is 0 Å². The van der Waals surface area contributed by atoms with Gasteiger partial charge in [-0.3, -0.25) is 0 Å². The van der Waals surface area contributed by atoms with Crippen LogP contribution in [0, 0.1) is 5.92 Å². The van der Waals surface area contributed by atoms with E-state index in [1.807, 2.05) is 6.07 Å². The normalized spacial score (nSPS) is 16.0. The first-order chi connectivity index (χ1) is 14.7. The van der Waals surface area contributed by atoms with Crippen molar-refractivity contribution in [2.75, 3.05) is 32.7 Å². The van der Waals surface area contributed by atoms with Crippen LogP contribution in [0.4, 0.5) is 0 Å². The van der Waals surface area contributed by atoms with E-state index in [2.05, 4.69) is 68.4 Å². The first-order valence-corrected chi connectivity index (χ1v) is 11.4. The molecule has 0 aliphatic carbocycles. The van der Waals surface area contributed by atoms with E-state index in [1.165, 1.54) is 31.5 Å². The van der Waals surface area contributed by atoms with Gasteiger partial charge in [0.25, 0.3) is 0 Å². The average Bonchev–Trinajstić information content (AvgIpc) is 3.24. The molecule has 2 N–H and O–H groups in total. The quantitative estimate of drug-likeness (QED) is 0.357. The first-order valence-electron chi connectivity index (χ1n) is 11.4. The molecular formula is C23H37N7. The third-order valence-corrected chi connectivity index (χ3v) is 5.74. The van der Waals surface area contributed by atoms with Gasteiger partial charge in [-0.05, 0) is 50.4 Å². The van der Waals surface area contributed by atoms with Crippen molar-refractivity contribution in [2.24, 2.45) is 10.9 Å².